The summed E-state index contributed by atoms with van der Waals surface area (Å²) in [5.41, 5.74) is 0. The molecular formula is C10H17NOS. The van der Waals surface area contributed by atoms with E-state index in [2.05, 4.69) is 25.4 Å². The first-order valence-electron chi connectivity index (χ1n) is 4.53. The lowest BCUT2D eigenvalue weighted by atomic mass is 10.2. The Morgan fingerprint density at radius 3 is 2.85 bits per heavy atom. The lowest BCUT2D eigenvalue weighted by Gasteiger charge is -2.14. The molecule has 0 saturated carbocycles. The topological polar surface area (TPSA) is 25.2 Å². The zero-order valence-corrected chi connectivity index (χ0v) is 9.23. The lowest BCUT2D eigenvalue weighted by Crippen LogP contribution is -2.25. The van der Waals surface area contributed by atoms with Crippen molar-refractivity contribution in [2.75, 3.05) is 12.8 Å². The summed E-state index contributed by atoms with van der Waals surface area (Å²) in [6, 6.07) is 4.23. The number of furan rings is 1. The Morgan fingerprint density at radius 2 is 2.31 bits per heavy atom. The van der Waals surface area contributed by atoms with Gasteiger partial charge in [-0.15, -0.1) is 0 Å². The molecule has 1 aromatic heterocycles. The first-order valence-corrected chi connectivity index (χ1v) is 5.82. The van der Waals surface area contributed by atoms with Gasteiger partial charge in [0.05, 0.1) is 12.3 Å². The van der Waals surface area contributed by atoms with Crippen LogP contribution in [0.5, 0.6) is 0 Å². The van der Waals surface area contributed by atoms with Crippen LogP contribution in [0, 0.1) is 0 Å². The van der Waals surface area contributed by atoms with Crippen LogP contribution in [0.15, 0.2) is 22.8 Å². The monoisotopic (exact) mass is 199 g/mol. The van der Waals surface area contributed by atoms with Crippen molar-refractivity contribution in [3.63, 3.8) is 0 Å². The summed E-state index contributed by atoms with van der Waals surface area (Å²) in [6.45, 7) is 5.35. The maximum absolute atomic E-state index is 5.29. The summed E-state index contributed by atoms with van der Waals surface area (Å²) in [4.78, 5) is 0. The molecule has 0 saturated heterocycles. The molecule has 74 valence electrons. The van der Waals surface area contributed by atoms with Gasteiger partial charge in [0.1, 0.15) is 5.76 Å². The van der Waals surface area contributed by atoms with Gasteiger partial charge in [0, 0.05) is 11.8 Å². The van der Waals surface area contributed by atoms with Crippen LogP contribution < -0.4 is 5.32 Å². The Morgan fingerprint density at radius 1 is 1.54 bits per heavy atom. The molecule has 1 heterocycles. The van der Waals surface area contributed by atoms with Gasteiger partial charge in [0.15, 0.2) is 0 Å². The second kappa shape index (κ2) is 5.35. The van der Waals surface area contributed by atoms with Crippen LogP contribution >= 0.6 is 11.8 Å². The van der Waals surface area contributed by atoms with E-state index in [0.29, 0.717) is 11.3 Å². The summed E-state index contributed by atoms with van der Waals surface area (Å²) < 4.78 is 5.29. The second-order valence-corrected chi connectivity index (χ2v) is 4.47. The molecule has 0 bridgehead atoms. The highest BCUT2D eigenvalue weighted by Crippen LogP contribution is 2.13. The van der Waals surface area contributed by atoms with Gasteiger partial charge in [-0.1, -0.05) is 6.92 Å². The number of hydrogen-bond acceptors (Lipinski definition) is 3. The quantitative estimate of drug-likeness (QED) is 0.789. The minimum absolute atomic E-state index is 0.310. The van der Waals surface area contributed by atoms with Gasteiger partial charge in [-0.25, -0.2) is 0 Å². The zero-order chi connectivity index (χ0) is 9.68. The van der Waals surface area contributed by atoms with Crippen LogP contribution in [-0.2, 0) is 0 Å². The second-order valence-electron chi connectivity index (χ2n) is 3.19. The molecular weight excluding hydrogens is 182 g/mol. The fraction of sp³-hybridized carbons (Fsp3) is 0.600. The SMILES string of the molecule is CSC(C)CNC(C)c1ccco1. The van der Waals surface area contributed by atoms with Crippen molar-refractivity contribution < 1.29 is 4.42 Å². The van der Waals surface area contributed by atoms with E-state index < -0.39 is 0 Å². The van der Waals surface area contributed by atoms with E-state index >= 15 is 0 Å². The normalized spacial score (nSPS) is 15.6. The highest BCUT2D eigenvalue weighted by molar-refractivity contribution is 7.99. The Hall–Kier alpha value is -0.410. The fourth-order valence-corrected chi connectivity index (χ4v) is 1.33. The average Bonchev–Trinajstić information content (AvgIpc) is 2.66. The molecule has 0 aromatic carbocycles. The average molecular weight is 199 g/mol. The third-order valence-corrected chi connectivity index (χ3v) is 3.06. The summed E-state index contributed by atoms with van der Waals surface area (Å²) in [7, 11) is 0. The molecule has 0 aliphatic heterocycles. The van der Waals surface area contributed by atoms with Gasteiger partial charge in [-0.2, -0.15) is 11.8 Å². The Balaban J connectivity index is 2.30. The van der Waals surface area contributed by atoms with E-state index in [-0.39, 0.29) is 0 Å². The van der Waals surface area contributed by atoms with Crippen LogP contribution in [0.2, 0.25) is 0 Å². The van der Waals surface area contributed by atoms with Crippen LogP contribution in [0.25, 0.3) is 0 Å². The van der Waals surface area contributed by atoms with Crippen molar-refractivity contribution in [2.24, 2.45) is 0 Å². The lowest BCUT2D eigenvalue weighted by molar-refractivity contribution is 0.432. The van der Waals surface area contributed by atoms with Crippen molar-refractivity contribution in [3.05, 3.63) is 24.2 Å². The van der Waals surface area contributed by atoms with Gasteiger partial charge in [0.25, 0.3) is 0 Å². The molecule has 0 radical (unpaired) electrons. The first-order chi connectivity index (χ1) is 6.24. The van der Waals surface area contributed by atoms with E-state index in [4.69, 9.17) is 4.42 Å². The zero-order valence-electron chi connectivity index (χ0n) is 8.41. The maximum atomic E-state index is 5.29. The molecule has 1 aromatic rings. The molecule has 13 heavy (non-hydrogen) atoms. The number of nitrogens with one attached hydrogen (secondary N) is 1. The molecule has 0 spiro atoms. The van der Waals surface area contributed by atoms with Gasteiger partial charge >= 0.3 is 0 Å². The predicted octanol–water partition coefficient (Wildman–Crippen LogP) is 2.68. The maximum Gasteiger partial charge on any atom is 0.120 e. The third kappa shape index (κ3) is 3.44. The first kappa shape index (κ1) is 10.7. The molecule has 3 heteroatoms. The van der Waals surface area contributed by atoms with E-state index in [9.17, 15) is 0 Å². The number of thioether (sulfide) groups is 1. The number of rotatable bonds is 5. The Kier molecular flexibility index (Phi) is 4.39. The standard InChI is InChI=1S/C10H17NOS/c1-8(13-3)7-11-9(2)10-5-4-6-12-10/h4-6,8-9,11H,7H2,1-3H3. The molecule has 0 aliphatic carbocycles. The van der Waals surface area contributed by atoms with Crippen LogP contribution in [0.4, 0.5) is 0 Å². The summed E-state index contributed by atoms with van der Waals surface area (Å²) in [5, 5.41) is 4.07. The van der Waals surface area contributed by atoms with Crippen LogP contribution in [0.3, 0.4) is 0 Å². The van der Waals surface area contributed by atoms with Gasteiger partial charge in [-0.05, 0) is 25.3 Å². The molecule has 2 atom stereocenters. The van der Waals surface area contributed by atoms with Crippen molar-refractivity contribution in [1.82, 2.24) is 5.32 Å². The van der Waals surface area contributed by atoms with Gasteiger partial charge in [0.2, 0.25) is 0 Å². The molecule has 2 unspecified atom stereocenters. The van der Waals surface area contributed by atoms with Crippen molar-refractivity contribution in [1.29, 1.82) is 0 Å². The van der Waals surface area contributed by atoms with Crippen molar-refractivity contribution in [3.8, 4) is 0 Å². The Labute approximate surface area is 84.1 Å². The van der Waals surface area contributed by atoms with Crippen molar-refractivity contribution in [2.45, 2.75) is 25.1 Å². The van der Waals surface area contributed by atoms with E-state index in [1.807, 2.05) is 23.9 Å². The van der Waals surface area contributed by atoms with E-state index in [0.717, 1.165) is 12.3 Å². The summed E-state index contributed by atoms with van der Waals surface area (Å²) >= 11 is 1.87. The smallest absolute Gasteiger partial charge is 0.120 e. The van der Waals surface area contributed by atoms with Gasteiger partial charge in [-0.3, -0.25) is 0 Å². The molecule has 0 fully saturated rings. The molecule has 0 amide bonds. The minimum Gasteiger partial charge on any atom is -0.468 e. The fourth-order valence-electron chi connectivity index (χ4n) is 1.06. The molecule has 1 rings (SSSR count). The van der Waals surface area contributed by atoms with E-state index in [1.54, 1.807) is 6.26 Å². The van der Waals surface area contributed by atoms with Gasteiger partial charge < -0.3 is 9.73 Å². The minimum atomic E-state index is 0.310. The molecule has 1 N–H and O–H groups in total. The van der Waals surface area contributed by atoms with Crippen LogP contribution in [0.1, 0.15) is 25.6 Å². The summed E-state index contributed by atoms with van der Waals surface area (Å²) in [5.74, 6) is 1.01. The van der Waals surface area contributed by atoms with Crippen LogP contribution in [-0.4, -0.2) is 18.1 Å². The highest BCUT2D eigenvalue weighted by Gasteiger charge is 2.08. The predicted molar refractivity (Wildman–Crippen MR) is 58.1 cm³/mol. The largest absolute Gasteiger partial charge is 0.468 e. The third-order valence-electron chi connectivity index (χ3n) is 2.08. The summed E-state index contributed by atoms with van der Waals surface area (Å²) in [6.07, 6.45) is 3.84. The molecule has 2 nitrogen and oxygen atoms in total. The van der Waals surface area contributed by atoms with Crippen molar-refractivity contribution >= 4 is 11.8 Å². The van der Waals surface area contributed by atoms with E-state index in [1.165, 1.54) is 0 Å². The number of hydrogen-bond donors (Lipinski definition) is 1. The Bertz CT molecular complexity index is 223. The highest BCUT2D eigenvalue weighted by atomic mass is 32.2. The molecule has 0 aliphatic rings.